The van der Waals surface area contributed by atoms with Gasteiger partial charge in [0, 0.05) is 6.20 Å². The lowest BCUT2D eigenvalue weighted by atomic mass is 10.3. The molecule has 2 rings (SSSR count). The van der Waals surface area contributed by atoms with E-state index in [9.17, 15) is 4.79 Å². The molecule has 0 aliphatic heterocycles. The Morgan fingerprint density at radius 1 is 1.35 bits per heavy atom. The topological polar surface area (TPSA) is 65.2 Å². The lowest BCUT2D eigenvalue weighted by molar-refractivity contribution is 0.0593. The van der Waals surface area contributed by atoms with Gasteiger partial charge in [0.05, 0.1) is 7.11 Å². The number of ether oxygens (including phenoxy) is 1. The molecule has 0 bridgehead atoms. The summed E-state index contributed by atoms with van der Waals surface area (Å²) in [6.07, 6.45) is 1.71. The minimum absolute atomic E-state index is 0.185. The zero-order valence-electron chi connectivity index (χ0n) is 9.85. The molecule has 0 atom stereocenters. The van der Waals surface area contributed by atoms with Gasteiger partial charge in [-0.15, -0.1) is 0 Å². The Labute approximate surface area is 98.5 Å². The van der Waals surface area contributed by atoms with E-state index < -0.39 is 5.97 Å². The maximum atomic E-state index is 11.4. The number of rotatable bonds is 2. The van der Waals surface area contributed by atoms with Crippen LogP contribution in [0.4, 0.5) is 0 Å². The fraction of sp³-hybridized carbons (Fsp3) is 0.250. The van der Waals surface area contributed by atoms with Gasteiger partial charge >= 0.3 is 5.97 Å². The van der Waals surface area contributed by atoms with Crippen LogP contribution in [0.3, 0.4) is 0 Å². The first-order valence-electron chi connectivity index (χ1n) is 5.10. The Morgan fingerprint density at radius 2 is 2.12 bits per heavy atom. The van der Waals surface area contributed by atoms with Crippen molar-refractivity contribution in [1.82, 2.24) is 9.97 Å². The van der Waals surface area contributed by atoms with Crippen molar-refractivity contribution < 1.29 is 13.9 Å². The molecule has 0 amide bonds. The standard InChI is InChI=1S/C12H12N2O3/c1-7-4-5-9(13-6-7)11-14-10(8(2)17-11)12(15)16-3/h4-6H,1-3H3. The van der Waals surface area contributed by atoms with E-state index in [0.29, 0.717) is 17.3 Å². The van der Waals surface area contributed by atoms with Crippen LogP contribution in [0.15, 0.2) is 22.7 Å². The third kappa shape index (κ3) is 2.18. The van der Waals surface area contributed by atoms with Gasteiger partial charge in [-0.1, -0.05) is 6.07 Å². The summed E-state index contributed by atoms with van der Waals surface area (Å²) in [6, 6.07) is 3.70. The summed E-state index contributed by atoms with van der Waals surface area (Å²) in [4.78, 5) is 19.6. The molecular formula is C12H12N2O3. The van der Waals surface area contributed by atoms with Crippen molar-refractivity contribution in [1.29, 1.82) is 0 Å². The Kier molecular flexibility index (Phi) is 2.91. The van der Waals surface area contributed by atoms with Gasteiger partial charge < -0.3 is 9.15 Å². The number of pyridine rings is 1. The fourth-order valence-corrected chi connectivity index (χ4v) is 1.39. The molecule has 0 aromatic carbocycles. The van der Waals surface area contributed by atoms with Crippen molar-refractivity contribution >= 4 is 5.97 Å². The lowest BCUT2D eigenvalue weighted by Gasteiger charge is -1.94. The molecule has 5 heteroatoms. The van der Waals surface area contributed by atoms with E-state index in [2.05, 4.69) is 14.7 Å². The highest BCUT2D eigenvalue weighted by Gasteiger charge is 2.18. The number of carbonyl (C=O) groups excluding carboxylic acids is 1. The van der Waals surface area contributed by atoms with Crippen molar-refractivity contribution in [3.8, 4) is 11.6 Å². The molecule has 2 aromatic rings. The largest absolute Gasteiger partial charge is 0.464 e. The molecule has 0 radical (unpaired) electrons. The van der Waals surface area contributed by atoms with Gasteiger partial charge in [0.1, 0.15) is 11.5 Å². The van der Waals surface area contributed by atoms with Crippen molar-refractivity contribution in [3.63, 3.8) is 0 Å². The maximum absolute atomic E-state index is 11.4. The highest BCUT2D eigenvalue weighted by molar-refractivity contribution is 5.88. The normalized spacial score (nSPS) is 10.3. The summed E-state index contributed by atoms with van der Waals surface area (Å²) in [7, 11) is 1.31. The molecule has 0 fully saturated rings. The SMILES string of the molecule is COC(=O)c1nc(-c2ccc(C)cn2)oc1C. The molecule has 5 nitrogen and oxygen atoms in total. The van der Waals surface area contributed by atoms with Crippen LogP contribution in [0.2, 0.25) is 0 Å². The van der Waals surface area contributed by atoms with Crippen molar-refractivity contribution in [2.24, 2.45) is 0 Å². The van der Waals surface area contributed by atoms with E-state index in [1.165, 1.54) is 7.11 Å². The summed E-state index contributed by atoms with van der Waals surface area (Å²) in [5.41, 5.74) is 1.82. The van der Waals surface area contributed by atoms with E-state index in [4.69, 9.17) is 4.42 Å². The summed E-state index contributed by atoms with van der Waals surface area (Å²) in [5, 5.41) is 0. The van der Waals surface area contributed by atoms with Crippen LogP contribution in [0.1, 0.15) is 21.8 Å². The van der Waals surface area contributed by atoms with E-state index in [1.54, 1.807) is 19.2 Å². The minimum atomic E-state index is -0.510. The van der Waals surface area contributed by atoms with E-state index >= 15 is 0 Å². The molecule has 0 saturated heterocycles. The number of aromatic nitrogens is 2. The second-order valence-electron chi connectivity index (χ2n) is 3.64. The molecular weight excluding hydrogens is 220 g/mol. The Hall–Kier alpha value is -2.17. The van der Waals surface area contributed by atoms with Gasteiger partial charge in [0.25, 0.3) is 0 Å². The minimum Gasteiger partial charge on any atom is -0.464 e. The first-order valence-corrected chi connectivity index (χ1v) is 5.10. The van der Waals surface area contributed by atoms with Crippen LogP contribution in [-0.2, 0) is 4.74 Å². The summed E-state index contributed by atoms with van der Waals surface area (Å²) in [5.74, 6) is 0.238. The van der Waals surface area contributed by atoms with Crippen molar-refractivity contribution in [3.05, 3.63) is 35.3 Å². The molecule has 17 heavy (non-hydrogen) atoms. The highest BCUT2D eigenvalue weighted by atomic mass is 16.5. The molecule has 0 N–H and O–H groups in total. The van der Waals surface area contributed by atoms with Gasteiger partial charge in [0.15, 0.2) is 5.69 Å². The number of carbonyl (C=O) groups is 1. The number of hydrogen-bond donors (Lipinski definition) is 0. The average Bonchev–Trinajstić information content (AvgIpc) is 2.71. The summed E-state index contributed by atoms with van der Waals surface area (Å²) in [6.45, 7) is 3.61. The second kappa shape index (κ2) is 4.37. The number of nitrogens with zero attached hydrogens (tertiary/aromatic N) is 2. The number of oxazole rings is 1. The first kappa shape index (κ1) is 11.3. The van der Waals surface area contributed by atoms with Gasteiger partial charge in [0.2, 0.25) is 5.89 Å². The molecule has 2 heterocycles. The zero-order chi connectivity index (χ0) is 12.4. The summed E-state index contributed by atoms with van der Waals surface area (Å²) >= 11 is 0. The lowest BCUT2D eigenvalue weighted by Crippen LogP contribution is -2.03. The molecule has 0 unspecified atom stereocenters. The van der Waals surface area contributed by atoms with E-state index in [-0.39, 0.29) is 5.69 Å². The van der Waals surface area contributed by atoms with Crippen LogP contribution in [-0.4, -0.2) is 23.0 Å². The monoisotopic (exact) mass is 232 g/mol. The molecule has 2 aromatic heterocycles. The van der Waals surface area contributed by atoms with Gasteiger partial charge in [-0.3, -0.25) is 4.98 Å². The quantitative estimate of drug-likeness (QED) is 0.742. The third-order valence-corrected chi connectivity index (χ3v) is 2.31. The van der Waals surface area contributed by atoms with Crippen LogP contribution in [0.5, 0.6) is 0 Å². The number of hydrogen-bond acceptors (Lipinski definition) is 5. The van der Waals surface area contributed by atoms with Crippen molar-refractivity contribution in [2.45, 2.75) is 13.8 Å². The highest BCUT2D eigenvalue weighted by Crippen LogP contribution is 2.20. The predicted octanol–water partition coefficient (Wildman–Crippen LogP) is 2.14. The van der Waals surface area contributed by atoms with Gasteiger partial charge in [-0.05, 0) is 25.5 Å². The Bertz CT molecular complexity index is 543. The molecule has 0 saturated carbocycles. The first-order chi connectivity index (χ1) is 8.11. The Morgan fingerprint density at radius 3 is 2.71 bits per heavy atom. The van der Waals surface area contributed by atoms with Gasteiger partial charge in [-0.25, -0.2) is 9.78 Å². The van der Waals surface area contributed by atoms with E-state index in [1.807, 2.05) is 13.0 Å². The molecule has 0 aliphatic rings. The molecule has 88 valence electrons. The number of esters is 1. The average molecular weight is 232 g/mol. The van der Waals surface area contributed by atoms with Crippen LogP contribution in [0, 0.1) is 13.8 Å². The number of methoxy groups -OCH3 is 1. The van der Waals surface area contributed by atoms with Crippen molar-refractivity contribution in [2.75, 3.05) is 7.11 Å². The predicted molar refractivity (Wildman–Crippen MR) is 60.5 cm³/mol. The fourth-order valence-electron chi connectivity index (χ4n) is 1.39. The summed E-state index contributed by atoms with van der Waals surface area (Å²) < 4.78 is 9.99. The second-order valence-corrected chi connectivity index (χ2v) is 3.64. The van der Waals surface area contributed by atoms with Crippen LogP contribution >= 0.6 is 0 Å². The Balaban J connectivity index is 2.41. The van der Waals surface area contributed by atoms with Crippen LogP contribution < -0.4 is 0 Å². The number of aryl methyl sites for hydroxylation is 2. The van der Waals surface area contributed by atoms with Gasteiger partial charge in [-0.2, -0.15) is 0 Å². The maximum Gasteiger partial charge on any atom is 0.360 e. The molecule has 0 aliphatic carbocycles. The molecule has 0 spiro atoms. The van der Waals surface area contributed by atoms with E-state index in [0.717, 1.165) is 5.56 Å². The smallest absolute Gasteiger partial charge is 0.360 e. The third-order valence-electron chi connectivity index (χ3n) is 2.31. The zero-order valence-corrected chi connectivity index (χ0v) is 9.85. The van der Waals surface area contributed by atoms with Crippen LogP contribution in [0.25, 0.3) is 11.6 Å².